The normalized spacial score (nSPS) is 17.3. The molecule has 484 valence electrons. The van der Waals surface area contributed by atoms with Crippen molar-refractivity contribution < 1.29 is 33.2 Å². The first-order valence-electron chi connectivity index (χ1n) is 32.5. The average Bonchev–Trinajstić information content (AvgIpc) is 4.34. The van der Waals surface area contributed by atoms with Gasteiger partial charge in [0.2, 0.25) is 0 Å². The Morgan fingerprint density at radius 1 is 0.244 bits per heavy atom. The molecule has 0 radical (unpaired) electrons. The SMILES string of the molecule is Nc1cnccc1OC1CCC1.Nc1cnccc1OC1CCCC1.Nc1cnccc1OC1CCCC1.Nc1cnccc1OC1CCCC1.Nc1cnccc1OC1CCCC1.Nc1cnccc1OC1CCCCC1.Nc1cnccc1OCC1CC1. The number of ether oxygens (including phenoxy) is 7. The van der Waals surface area contributed by atoms with Gasteiger partial charge in [0, 0.05) is 85.8 Å². The van der Waals surface area contributed by atoms with E-state index >= 15 is 0 Å². The molecule has 14 rings (SSSR count). The fraction of sp³-hybridized carbons (Fsp3) is 0.493. The van der Waals surface area contributed by atoms with E-state index in [0.717, 1.165) is 130 Å². The van der Waals surface area contributed by atoms with Gasteiger partial charge in [-0.3, -0.25) is 34.9 Å². The first-order valence-corrected chi connectivity index (χ1v) is 32.5. The number of nitrogens with zero attached hydrogens (tertiary/aromatic N) is 7. The van der Waals surface area contributed by atoms with E-state index in [-0.39, 0.29) is 0 Å². The summed E-state index contributed by atoms with van der Waals surface area (Å²) in [7, 11) is 0. The number of nitrogen functional groups attached to an aromatic ring is 7. The van der Waals surface area contributed by atoms with Gasteiger partial charge in [0.05, 0.1) is 126 Å². The molecule has 0 bridgehead atoms. The van der Waals surface area contributed by atoms with E-state index in [1.54, 1.807) is 92.8 Å². The van der Waals surface area contributed by atoms with Gasteiger partial charge in [-0.15, -0.1) is 0 Å². The maximum atomic E-state index is 5.82. The van der Waals surface area contributed by atoms with Gasteiger partial charge in [-0.1, -0.05) is 6.42 Å². The van der Waals surface area contributed by atoms with Gasteiger partial charge < -0.3 is 73.3 Å². The van der Waals surface area contributed by atoms with Crippen molar-refractivity contribution in [2.75, 3.05) is 46.7 Å². The van der Waals surface area contributed by atoms with Gasteiger partial charge in [0.15, 0.2) is 0 Å². The van der Waals surface area contributed by atoms with Crippen LogP contribution < -0.4 is 73.3 Å². The van der Waals surface area contributed by atoms with Gasteiger partial charge >= 0.3 is 0 Å². The number of hydrogen-bond acceptors (Lipinski definition) is 21. The van der Waals surface area contributed by atoms with Crippen molar-refractivity contribution in [2.24, 2.45) is 5.92 Å². The second-order valence-corrected chi connectivity index (χ2v) is 23.8. The van der Waals surface area contributed by atoms with E-state index in [1.807, 2.05) is 36.4 Å². The number of aromatic nitrogens is 7. The van der Waals surface area contributed by atoms with Gasteiger partial charge in [0.1, 0.15) is 40.2 Å². The van der Waals surface area contributed by atoms with Gasteiger partial charge in [-0.05, 0) is 166 Å². The largest absolute Gasteiger partial charge is 0.491 e. The smallest absolute Gasteiger partial charge is 0.145 e. The van der Waals surface area contributed by atoms with E-state index in [4.69, 9.17) is 73.3 Å². The van der Waals surface area contributed by atoms with E-state index in [2.05, 4.69) is 34.9 Å². The Hall–Kier alpha value is -8.75. The van der Waals surface area contributed by atoms with Crippen LogP contribution in [0.4, 0.5) is 39.8 Å². The van der Waals surface area contributed by atoms with Gasteiger partial charge in [-0.25, -0.2) is 0 Å². The Kier molecular flexibility index (Phi) is 27.8. The molecule has 0 aliphatic heterocycles. The van der Waals surface area contributed by atoms with Crippen LogP contribution in [0.2, 0.25) is 0 Å². The van der Waals surface area contributed by atoms with Crippen molar-refractivity contribution in [2.45, 2.75) is 204 Å². The third-order valence-electron chi connectivity index (χ3n) is 16.4. The molecule has 0 unspecified atom stereocenters. The lowest BCUT2D eigenvalue weighted by Gasteiger charge is -2.26. The van der Waals surface area contributed by atoms with Crippen molar-refractivity contribution in [1.82, 2.24) is 34.9 Å². The molecule has 0 spiro atoms. The molecule has 0 atom stereocenters. The summed E-state index contributed by atoms with van der Waals surface area (Å²) in [6.45, 7) is 0.800. The minimum absolute atomic E-state index is 0.355. The predicted octanol–water partition coefficient (Wildman–Crippen LogP) is 13.4. The van der Waals surface area contributed by atoms with Gasteiger partial charge in [-0.2, -0.15) is 0 Å². The number of anilines is 7. The van der Waals surface area contributed by atoms with Crippen LogP contribution in [0.1, 0.15) is 167 Å². The molecule has 7 aliphatic rings. The summed E-state index contributed by atoms with van der Waals surface area (Å²) in [5, 5.41) is 0. The molecular weight excluding hydrogens is 1140 g/mol. The molecule has 7 saturated carbocycles. The molecular formula is C69H96N14O7. The second-order valence-electron chi connectivity index (χ2n) is 23.8. The molecule has 0 aromatic carbocycles. The summed E-state index contributed by atoms with van der Waals surface area (Å²) >= 11 is 0. The topological polar surface area (TPSA) is 337 Å². The van der Waals surface area contributed by atoms with Crippen LogP contribution in [-0.2, 0) is 0 Å². The fourth-order valence-electron chi connectivity index (χ4n) is 10.8. The molecule has 0 amide bonds. The average molecular weight is 1230 g/mol. The molecule has 21 heteroatoms. The molecule has 7 aromatic rings. The second kappa shape index (κ2) is 37.3. The van der Waals surface area contributed by atoms with E-state index in [1.165, 1.54) is 89.9 Å². The number of rotatable bonds is 15. The Bertz CT molecular complexity index is 2890. The molecule has 21 nitrogen and oxygen atoms in total. The molecule has 7 fully saturated rings. The standard InChI is InChI=1S/C11H16N2O.4C10H14N2O.2C9H12N2O/c12-10-8-13-7-6-11(10)14-9-4-2-1-3-5-9;4*11-9-7-12-6-5-10(9)13-8-3-1-2-4-8;10-8-5-11-4-3-9(8)12-6-7-1-2-7;10-8-6-11-5-4-9(8)12-7-2-1-3-7/h6-9H,1-5,12H2;4*5-8H,1-4,11H2;3-5,7H,1-2,6,10H2;4-7H,1-3,10H2. The van der Waals surface area contributed by atoms with E-state index in [9.17, 15) is 0 Å². The third kappa shape index (κ3) is 24.0. The highest BCUT2D eigenvalue weighted by Crippen LogP contribution is 2.34. The minimum Gasteiger partial charge on any atom is -0.491 e. The summed E-state index contributed by atoms with van der Waals surface area (Å²) in [4.78, 5) is 27.4. The van der Waals surface area contributed by atoms with Crippen molar-refractivity contribution in [3.05, 3.63) is 129 Å². The van der Waals surface area contributed by atoms with Gasteiger partial charge in [0.25, 0.3) is 0 Å². The van der Waals surface area contributed by atoms with Crippen LogP contribution in [0, 0.1) is 5.92 Å². The fourth-order valence-corrected chi connectivity index (χ4v) is 10.8. The Morgan fingerprint density at radius 3 is 0.611 bits per heavy atom. The Balaban J connectivity index is 0.000000136. The molecule has 14 N–H and O–H groups in total. The summed E-state index contributed by atoms with van der Waals surface area (Å²) in [6, 6.07) is 12.8. The van der Waals surface area contributed by atoms with Crippen LogP contribution in [0.5, 0.6) is 40.2 Å². The highest BCUT2D eigenvalue weighted by molar-refractivity contribution is 5.53. The van der Waals surface area contributed by atoms with Crippen LogP contribution in [0.3, 0.4) is 0 Å². The van der Waals surface area contributed by atoms with E-state index in [0.29, 0.717) is 76.4 Å². The van der Waals surface area contributed by atoms with Crippen molar-refractivity contribution >= 4 is 39.8 Å². The van der Waals surface area contributed by atoms with Crippen LogP contribution in [0.15, 0.2) is 129 Å². The number of nitrogens with two attached hydrogens (primary N) is 7. The highest BCUT2D eigenvalue weighted by Gasteiger charge is 2.24. The van der Waals surface area contributed by atoms with Crippen LogP contribution >= 0.6 is 0 Å². The maximum Gasteiger partial charge on any atom is 0.145 e. The van der Waals surface area contributed by atoms with Crippen LogP contribution in [0.25, 0.3) is 0 Å². The zero-order valence-electron chi connectivity index (χ0n) is 52.3. The quantitative estimate of drug-likeness (QED) is 0.0501. The first kappa shape index (κ1) is 67.2. The number of pyridine rings is 7. The maximum absolute atomic E-state index is 5.82. The lowest BCUT2D eigenvalue weighted by molar-refractivity contribution is 0.121. The lowest BCUT2D eigenvalue weighted by atomic mass is 9.96. The summed E-state index contributed by atoms with van der Waals surface area (Å²) < 4.78 is 39.9. The molecule has 7 aliphatic carbocycles. The zero-order valence-corrected chi connectivity index (χ0v) is 52.3. The van der Waals surface area contributed by atoms with Crippen molar-refractivity contribution in [1.29, 1.82) is 0 Å². The molecule has 7 aromatic heterocycles. The molecule has 7 heterocycles. The van der Waals surface area contributed by atoms with Crippen LogP contribution in [-0.4, -0.2) is 78.1 Å². The molecule has 90 heavy (non-hydrogen) atoms. The zero-order chi connectivity index (χ0) is 63.0. The predicted molar refractivity (Wildman–Crippen MR) is 356 cm³/mol. The lowest BCUT2D eigenvalue weighted by Crippen LogP contribution is -2.24. The van der Waals surface area contributed by atoms with E-state index < -0.39 is 0 Å². The number of hydrogen-bond donors (Lipinski definition) is 7. The Labute approximate surface area is 531 Å². The monoisotopic (exact) mass is 1230 g/mol. The van der Waals surface area contributed by atoms with Crippen molar-refractivity contribution in [3.63, 3.8) is 0 Å². The third-order valence-corrected chi connectivity index (χ3v) is 16.4. The summed E-state index contributed by atoms with van der Waals surface area (Å²) in [5.74, 6) is 6.20. The summed E-state index contributed by atoms with van der Waals surface area (Å²) in [5.41, 5.74) is 44.3. The summed E-state index contributed by atoms with van der Waals surface area (Å²) in [6.07, 6.45) is 57.3. The van der Waals surface area contributed by atoms with Crippen molar-refractivity contribution in [3.8, 4) is 40.2 Å². The highest BCUT2D eigenvalue weighted by atomic mass is 16.5. The first-order chi connectivity index (χ1) is 44.0. The Morgan fingerprint density at radius 2 is 0.433 bits per heavy atom. The molecule has 0 saturated heterocycles. The minimum atomic E-state index is 0.355.